The lowest BCUT2D eigenvalue weighted by Crippen LogP contribution is -2.16. The van der Waals surface area contributed by atoms with Crippen molar-refractivity contribution in [2.24, 2.45) is 0 Å². The van der Waals surface area contributed by atoms with E-state index in [1.165, 1.54) is 0 Å². The zero-order chi connectivity index (χ0) is 14.5. The predicted molar refractivity (Wildman–Crippen MR) is 77.9 cm³/mol. The third-order valence-corrected chi connectivity index (χ3v) is 3.89. The molecule has 2 aromatic heterocycles. The zero-order valence-electron chi connectivity index (χ0n) is 11.8. The quantitative estimate of drug-likeness (QED) is 0.875. The molecule has 0 aromatic carbocycles. The van der Waals surface area contributed by atoms with Gasteiger partial charge in [0.25, 0.3) is 5.91 Å². The second kappa shape index (κ2) is 6.60. The molecule has 108 valence electrons. The summed E-state index contributed by atoms with van der Waals surface area (Å²) in [4.78, 5) is 11.4. The van der Waals surface area contributed by atoms with Gasteiger partial charge in [0, 0.05) is 24.9 Å². The molecule has 0 saturated carbocycles. The van der Waals surface area contributed by atoms with E-state index in [1.807, 2.05) is 6.20 Å². The van der Waals surface area contributed by atoms with Crippen LogP contribution in [0, 0.1) is 0 Å². The molecule has 1 atom stereocenters. The van der Waals surface area contributed by atoms with Gasteiger partial charge in [-0.2, -0.15) is 11.8 Å². The van der Waals surface area contributed by atoms with E-state index in [0.29, 0.717) is 23.3 Å². The van der Waals surface area contributed by atoms with Gasteiger partial charge in [-0.05, 0) is 18.4 Å². The van der Waals surface area contributed by atoms with Crippen LogP contribution in [0.2, 0.25) is 0 Å². The number of carbonyl (C=O) groups excluding carboxylic acids is 1. The van der Waals surface area contributed by atoms with Crippen molar-refractivity contribution in [3.8, 4) is 0 Å². The summed E-state index contributed by atoms with van der Waals surface area (Å²) in [7, 11) is 1.57. The monoisotopic (exact) mass is 294 g/mol. The van der Waals surface area contributed by atoms with Crippen LogP contribution in [0.25, 0.3) is 0 Å². The van der Waals surface area contributed by atoms with Crippen molar-refractivity contribution in [3.05, 3.63) is 35.5 Å². The number of furan rings is 1. The molecule has 0 spiro atoms. The van der Waals surface area contributed by atoms with E-state index in [2.05, 4.69) is 28.8 Å². The van der Waals surface area contributed by atoms with Gasteiger partial charge in [0.1, 0.15) is 12.3 Å². The molecular weight excluding hydrogens is 276 g/mol. The summed E-state index contributed by atoms with van der Waals surface area (Å²) in [5.41, 5.74) is 0.963. The molecule has 0 radical (unpaired) electrons. The van der Waals surface area contributed by atoms with Crippen molar-refractivity contribution in [2.75, 3.05) is 13.3 Å². The Morgan fingerprint density at radius 2 is 2.35 bits per heavy atom. The predicted octanol–water partition coefficient (Wildman–Crippen LogP) is 1.57. The molecule has 2 aromatic rings. The number of thioether (sulfide) groups is 1. The van der Waals surface area contributed by atoms with Gasteiger partial charge in [-0.1, -0.05) is 12.1 Å². The standard InChI is InChI=1S/C13H18N4O2S/c1-9(20-3)6-10-7-17(16-15-10)8-11-4-5-12(19-11)13(18)14-2/h4-5,7,9H,6,8H2,1-3H3,(H,14,18)/t9-/m0/s1. The highest BCUT2D eigenvalue weighted by Crippen LogP contribution is 2.12. The third-order valence-electron chi connectivity index (χ3n) is 2.92. The highest BCUT2D eigenvalue weighted by Gasteiger charge is 2.11. The van der Waals surface area contributed by atoms with Crippen molar-refractivity contribution < 1.29 is 9.21 Å². The second-order valence-corrected chi connectivity index (χ2v) is 5.78. The van der Waals surface area contributed by atoms with Gasteiger partial charge in [-0.25, -0.2) is 4.68 Å². The summed E-state index contributed by atoms with van der Waals surface area (Å²) in [6, 6.07) is 3.43. The number of nitrogens with one attached hydrogen (secondary N) is 1. The lowest BCUT2D eigenvalue weighted by Gasteiger charge is -2.03. The topological polar surface area (TPSA) is 73.0 Å². The average molecular weight is 294 g/mol. The molecule has 6 nitrogen and oxygen atoms in total. The highest BCUT2D eigenvalue weighted by atomic mass is 32.2. The third kappa shape index (κ3) is 3.63. The van der Waals surface area contributed by atoms with Gasteiger partial charge in [0.05, 0.1) is 5.69 Å². The minimum atomic E-state index is -0.232. The van der Waals surface area contributed by atoms with Crippen LogP contribution in [0.3, 0.4) is 0 Å². The van der Waals surface area contributed by atoms with Crippen LogP contribution in [0.5, 0.6) is 0 Å². The van der Waals surface area contributed by atoms with E-state index in [9.17, 15) is 4.79 Å². The summed E-state index contributed by atoms with van der Waals surface area (Å²) < 4.78 is 7.16. The Labute approximate surface area is 121 Å². The SMILES string of the molecule is CNC(=O)c1ccc(Cn2cc(C[C@H](C)SC)nn2)o1. The molecule has 0 aliphatic heterocycles. The largest absolute Gasteiger partial charge is 0.454 e. The van der Waals surface area contributed by atoms with Crippen molar-refractivity contribution >= 4 is 17.7 Å². The molecule has 0 aliphatic carbocycles. The Morgan fingerprint density at radius 1 is 1.55 bits per heavy atom. The van der Waals surface area contributed by atoms with Gasteiger partial charge >= 0.3 is 0 Å². The molecule has 7 heteroatoms. The van der Waals surface area contributed by atoms with Gasteiger partial charge in [0.2, 0.25) is 0 Å². The van der Waals surface area contributed by atoms with E-state index < -0.39 is 0 Å². The summed E-state index contributed by atoms with van der Waals surface area (Å²) in [6.45, 7) is 2.63. The lowest BCUT2D eigenvalue weighted by molar-refractivity contribution is 0.0933. The molecule has 0 unspecified atom stereocenters. The first-order valence-corrected chi connectivity index (χ1v) is 7.63. The Balaban J connectivity index is 2.00. The number of aromatic nitrogens is 3. The Kier molecular flexibility index (Phi) is 4.84. The van der Waals surface area contributed by atoms with Crippen LogP contribution < -0.4 is 5.32 Å². The van der Waals surface area contributed by atoms with Crippen molar-refractivity contribution in [1.82, 2.24) is 20.3 Å². The molecule has 1 amide bonds. The first-order chi connectivity index (χ1) is 9.62. The van der Waals surface area contributed by atoms with Crippen molar-refractivity contribution in [3.63, 3.8) is 0 Å². The summed E-state index contributed by atoms with van der Waals surface area (Å²) >= 11 is 1.80. The van der Waals surface area contributed by atoms with Crippen LogP contribution in [-0.2, 0) is 13.0 Å². The molecule has 1 N–H and O–H groups in total. The molecular formula is C13H18N4O2S. The van der Waals surface area contributed by atoms with Crippen LogP contribution in [0.1, 0.15) is 28.9 Å². The fourth-order valence-electron chi connectivity index (χ4n) is 1.75. The molecule has 0 saturated heterocycles. The second-order valence-electron chi connectivity index (χ2n) is 4.50. The van der Waals surface area contributed by atoms with Gasteiger partial charge < -0.3 is 9.73 Å². The fourth-order valence-corrected chi connectivity index (χ4v) is 2.09. The number of hydrogen-bond donors (Lipinski definition) is 1. The van der Waals surface area contributed by atoms with Crippen LogP contribution in [0.4, 0.5) is 0 Å². The Hall–Kier alpha value is -1.76. The maximum atomic E-state index is 11.4. The van der Waals surface area contributed by atoms with Crippen molar-refractivity contribution in [1.29, 1.82) is 0 Å². The van der Waals surface area contributed by atoms with Crippen molar-refractivity contribution in [2.45, 2.75) is 25.1 Å². The first-order valence-electron chi connectivity index (χ1n) is 6.35. The summed E-state index contributed by atoms with van der Waals surface area (Å²) in [6.07, 6.45) is 4.88. The minimum absolute atomic E-state index is 0.232. The Bertz CT molecular complexity index is 578. The molecule has 0 aliphatic rings. The molecule has 2 rings (SSSR count). The molecule has 2 heterocycles. The number of rotatable bonds is 6. The van der Waals surface area contributed by atoms with E-state index in [0.717, 1.165) is 12.1 Å². The van der Waals surface area contributed by atoms with Crippen LogP contribution in [0.15, 0.2) is 22.7 Å². The van der Waals surface area contributed by atoms with Crippen LogP contribution in [-0.4, -0.2) is 39.5 Å². The van der Waals surface area contributed by atoms with E-state index in [4.69, 9.17) is 4.42 Å². The number of hydrogen-bond acceptors (Lipinski definition) is 5. The smallest absolute Gasteiger partial charge is 0.286 e. The Morgan fingerprint density at radius 3 is 3.05 bits per heavy atom. The van der Waals surface area contributed by atoms with Gasteiger partial charge in [0.15, 0.2) is 5.76 Å². The minimum Gasteiger partial charge on any atom is -0.454 e. The highest BCUT2D eigenvalue weighted by molar-refractivity contribution is 7.99. The number of amides is 1. The zero-order valence-corrected chi connectivity index (χ0v) is 12.6. The summed E-state index contributed by atoms with van der Waals surface area (Å²) in [5, 5.41) is 11.2. The number of nitrogens with zero attached hydrogens (tertiary/aromatic N) is 3. The lowest BCUT2D eigenvalue weighted by atomic mass is 10.3. The van der Waals surface area contributed by atoms with Crippen LogP contribution >= 0.6 is 11.8 Å². The number of carbonyl (C=O) groups is 1. The van der Waals surface area contributed by atoms with E-state index in [-0.39, 0.29) is 5.91 Å². The van der Waals surface area contributed by atoms with Gasteiger partial charge in [-0.15, -0.1) is 5.10 Å². The maximum Gasteiger partial charge on any atom is 0.286 e. The molecule has 0 fully saturated rings. The van der Waals surface area contributed by atoms with Gasteiger partial charge in [-0.3, -0.25) is 4.79 Å². The normalized spacial score (nSPS) is 12.3. The molecule has 20 heavy (non-hydrogen) atoms. The fraction of sp³-hybridized carbons (Fsp3) is 0.462. The molecule has 0 bridgehead atoms. The first kappa shape index (κ1) is 14.6. The van der Waals surface area contributed by atoms with E-state index >= 15 is 0 Å². The maximum absolute atomic E-state index is 11.4. The van der Waals surface area contributed by atoms with E-state index in [1.54, 1.807) is 35.6 Å². The summed E-state index contributed by atoms with van der Waals surface area (Å²) in [5.74, 6) is 0.751. The average Bonchev–Trinajstić information content (AvgIpc) is 3.08.